The quantitative estimate of drug-likeness (QED) is 0.325. The first-order valence-corrected chi connectivity index (χ1v) is 11.3. The summed E-state index contributed by atoms with van der Waals surface area (Å²) in [6.45, 7) is 10.4. The molecule has 1 saturated heterocycles. The summed E-state index contributed by atoms with van der Waals surface area (Å²) in [5.74, 6) is 1.55. The number of hydrogen-bond donors (Lipinski definition) is 2. The lowest BCUT2D eigenvalue weighted by Gasteiger charge is -2.35. The molecule has 168 valence electrons. The van der Waals surface area contributed by atoms with Gasteiger partial charge in [0, 0.05) is 45.2 Å². The van der Waals surface area contributed by atoms with Gasteiger partial charge in [-0.25, -0.2) is 0 Å². The summed E-state index contributed by atoms with van der Waals surface area (Å²) in [6.07, 6.45) is 4.63. The first-order valence-electron chi connectivity index (χ1n) is 11.3. The lowest BCUT2D eigenvalue weighted by atomic mass is 10.1. The highest BCUT2D eigenvalue weighted by atomic mass is 127. The summed E-state index contributed by atoms with van der Waals surface area (Å²) in [5, 5.41) is 6.83. The van der Waals surface area contributed by atoms with Gasteiger partial charge < -0.3 is 15.5 Å². The molecule has 1 atom stereocenters. The molecule has 0 bridgehead atoms. The number of amides is 1. The first kappa shape index (κ1) is 24.9. The number of guanidine groups is 1. The number of rotatable bonds is 7. The van der Waals surface area contributed by atoms with E-state index in [0.717, 1.165) is 64.6 Å². The molecule has 1 aromatic rings. The number of aliphatic imine (C=N–C) groups is 1. The molecule has 3 rings (SSSR count). The fraction of sp³-hybridized carbons (Fsp3) is 0.652. The molecule has 1 aromatic carbocycles. The van der Waals surface area contributed by atoms with Gasteiger partial charge in [-0.15, -0.1) is 24.0 Å². The van der Waals surface area contributed by atoms with E-state index in [1.54, 1.807) is 0 Å². The molecule has 1 saturated carbocycles. The predicted octanol–water partition coefficient (Wildman–Crippen LogP) is 3.26. The van der Waals surface area contributed by atoms with Crippen molar-refractivity contribution in [3.8, 4) is 0 Å². The van der Waals surface area contributed by atoms with Crippen molar-refractivity contribution in [2.45, 2.75) is 45.6 Å². The smallest absolute Gasteiger partial charge is 0.225 e. The van der Waals surface area contributed by atoms with Crippen LogP contribution in [0, 0.1) is 5.92 Å². The second-order valence-corrected chi connectivity index (χ2v) is 8.19. The Morgan fingerprint density at radius 1 is 1.13 bits per heavy atom. The van der Waals surface area contributed by atoms with Crippen molar-refractivity contribution in [3.05, 3.63) is 35.9 Å². The molecule has 2 fully saturated rings. The van der Waals surface area contributed by atoms with E-state index in [2.05, 4.69) is 58.5 Å². The highest BCUT2D eigenvalue weighted by Crippen LogP contribution is 2.26. The number of carbonyl (C=O) groups excluding carboxylic acids is 1. The number of benzene rings is 1. The lowest BCUT2D eigenvalue weighted by Crippen LogP contribution is -2.50. The summed E-state index contributed by atoms with van der Waals surface area (Å²) in [7, 11) is 0. The Balaban J connectivity index is 0.00000320. The molecule has 6 nitrogen and oxygen atoms in total. The van der Waals surface area contributed by atoms with Crippen LogP contribution in [0.5, 0.6) is 0 Å². The first-order chi connectivity index (χ1) is 14.2. The highest BCUT2D eigenvalue weighted by molar-refractivity contribution is 14.0. The SMILES string of the molecule is CCNC(=NCCN1CCN(C(=O)C2CCCC2)CC1)NC(C)c1ccccc1.I. The average Bonchev–Trinajstić information content (AvgIpc) is 3.29. The molecule has 1 heterocycles. The molecule has 0 aromatic heterocycles. The van der Waals surface area contributed by atoms with Gasteiger partial charge in [0.1, 0.15) is 0 Å². The maximum absolute atomic E-state index is 12.6. The molecular formula is C23H38IN5O. The number of hydrogen-bond acceptors (Lipinski definition) is 3. The average molecular weight is 527 g/mol. The van der Waals surface area contributed by atoms with Crippen LogP contribution < -0.4 is 10.6 Å². The fourth-order valence-electron chi connectivity index (χ4n) is 4.28. The van der Waals surface area contributed by atoms with E-state index in [9.17, 15) is 4.79 Å². The molecular weight excluding hydrogens is 489 g/mol. The van der Waals surface area contributed by atoms with E-state index in [-0.39, 0.29) is 30.0 Å². The Hall–Kier alpha value is -1.35. The van der Waals surface area contributed by atoms with E-state index in [1.165, 1.54) is 18.4 Å². The molecule has 1 aliphatic heterocycles. The zero-order chi connectivity index (χ0) is 20.5. The van der Waals surface area contributed by atoms with Crippen LogP contribution in [0.4, 0.5) is 0 Å². The molecule has 1 unspecified atom stereocenters. The summed E-state index contributed by atoms with van der Waals surface area (Å²) < 4.78 is 0. The Morgan fingerprint density at radius 2 is 1.80 bits per heavy atom. The lowest BCUT2D eigenvalue weighted by molar-refractivity contribution is -0.137. The van der Waals surface area contributed by atoms with Gasteiger partial charge >= 0.3 is 0 Å². The molecule has 2 N–H and O–H groups in total. The van der Waals surface area contributed by atoms with E-state index >= 15 is 0 Å². The van der Waals surface area contributed by atoms with Gasteiger partial charge in [-0.2, -0.15) is 0 Å². The van der Waals surface area contributed by atoms with Crippen LogP contribution in [0.2, 0.25) is 0 Å². The van der Waals surface area contributed by atoms with Crippen LogP contribution in [0.15, 0.2) is 35.3 Å². The van der Waals surface area contributed by atoms with E-state index in [4.69, 9.17) is 4.99 Å². The van der Waals surface area contributed by atoms with Crippen LogP contribution >= 0.6 is 24.0 Å². The summed E-state index contributed by atoms with van der Waals surface area (Å²) >= 11 is 0. The second kappa shape index (κ2) is 13.1. The van der Waals surface area contributed by atoms with Gasteiger partial charge in [-0.1, -0.05) is 43.2 Å². The van der Waals surface area contributed by atoms with E-state index < -0.39 is 0 Å². The Labute approximate surface area is 198 Å². The van der Waals surface area contributed by atoms with E-state index in [1.807, 2.05) is 6.07 Å². The number of halogens is 1. The maximum atomic E-state index is 12.6. The van der Waals surface area contributed by atoms with Crippen molar-refractivity contribution >= 4 is 35.8 Å². The standard InChI is InChI=1S/C23H37N5O.HI/c1-3-24-23(26-19(2)20-9-5-4-6-10-20)25-13-14-27-15-17-28(18-16-27)22(29)21-11-7-8-12-21;/h4-6,9-10,19,21H,3,7-8,11-18H2,1-2H3,(H2,24,25,26);1H. The Morgan fingerprint density at radius 3 is 2.43 bits per heavy atom. The number of nitrogens with one attached hydrogen (secondary N) is 2. The topological polar surface area (TPSA) is 60.0 Å². The highest BCUT2D eigenvalue weighted by Gasteiger charge is 2.29. The maximum Gasteiger partial charge on any atom is 0.225 e. The third-order valence-corrected chi connectivity index (χ3v) is 6.07. The molecule has 0 radical (unpaired) electrons. The molecule has 7 heteroatoms. The van der Waals surface area contributed by atoms with Crippen LogP contribution in [0.3, 0.4) is 0 Å². The second-order valence-electron chi connectivity index (χ2n) is 8.19. The van der Waals surface area contributed by atoms with Crippen LogP contribution in [-0.2, 0) is 4.79 Å². The molecule has 0 spiro atoms. The van der Waals surface area contributed by atoms with Crippen LogP contribution in [0.1, 0.15) is 51.1 Å². The summed E-state index contributed by atoms with van der Waals surface area (Å²) in [5.41, 5.74) is 1.25. The monoisotopic (exact) mass is 527 g/mol. The molecule has 2 aliphatic rings. The van der Waals surface area contributed by atoms with Crippen molar-refractivity contribution in [1.82, 2.24) is 20.4 Å². The minimum atomic E-state index is 0. The van der Waals surface area contributed by atoms with Gasteiger partial charge in [0.15, 0.2) is 5.96 Å². The summed E-state index contributed by atoms with van der Waals surface area (Å²) in [4.78, 5) is 21.8. The third-order valence-electron chi connectivity index (χ3n) is 6.07. The third kappa shape index (κ3) is 7.41. The van der Waals surface area contributed by atoms with Crippen LogP contribution in [0.25, 0.3) is 0 Å². The van der Waals surface area contributed by atoms with Gasteiger partial charge in [0.05, 0.1) is 12.6 Å². The minimum Gasteiger partial charge on any atom is -0.357 e. The van der Waals surface area contributed by atoms with Crippen molar-refractivity contribution in [2.75, 3.05) is 45.8 Å². The summed E-state index contributed by atoms with van der Waals surface area (Å²) in [6, 6.07) is 10.6. The number of carbonyl (C=O) groups is 1. The zero-order valence-corrected chi connectivity index (χ0v) is 20.8. The normalized spacial score (nSPS) is 19.3. The molecule has 1 amide bonds. The zero-order valence-electron chi connectivity index (χ0n) is 18.5. The van der Waals surface area contributed by atoms with Gasteiger partial charge in [-0.3, -0.25) is 14.7 Å². The van der Waals surface area contributed by atoms with Gasteiger partial charge in [0.2, 0.25) is 5.91 Å². The van der Waals surface area contributed by atoms with Gasteiger partial charge in [-0.05, 0) is 32.3 Å². The number of nitrogens with zero attached hydrogens (tertiary/aromatic N) is 3. The predicted molar refractivity (Wildman–Crippen MR) is 134 cm³/mol. The minimum absolute atomic E-state index is 0. The Bertz CT molecular complexity index is 655. The van der Waals surface area contributed by atoms with Crippen molar-refractivity contribution in [2.24, 2.45) is 10.9 Å². The van der Waals surface area contributed by atoms with Crippen molar-refractivity contribution in [3.63, 3.8) is 0 Å². The number of piperazine rings is 1. The Kier molecular flexibility index (Phi) is 10.9. The molecule has 1 aliphatic carbocycles. The van der Waals surface area contributed by atoms with Crippen molar-refractivity contribution < 1.29 is 4.79 Å². The van der Waals surface area contributed by atoms with Crippen LogP contribution in [-0.4, -0.2) is 67.5 Å². The van der Waals surface area contributed by atoms with E-state index in [0.29, 0.717) is 11.8 Å². The largest absolute Gasteiger partial charge is 0.357 e. The van der Waals surface area contributed by atoms with Gasteiger partial charge in [0.25, 0.3) is 0 Å². The van der Waals surface area contributed by atoms with Crippen molar-refractivity contribution in [1.29, 1.82) is 0 Å². The fourth-order valence-corrected chi connectivity index (χ4v) is 4.28. The molecule has 30 heavy (non-hydrogen) atoms.